The third-order valence-corrected chi connectivity index (χ3v) is 10.5. The van der Waals surface area contributed by atoms with Crippen LogP contribution in [0.1, 0.15) is 61.3 Å². The summed E-state index contributed by atoms with van der Waals surface area (Å²) in [6.45, 7) is 6.83. The first-order chi connectivity index (χ1) is 20.4. The Kier molecular flexibility index (Phi) is 10.8. The normalized spacial score (nSPS) is 14.7. The minimum atomic E-state index is -4.14. The molecule has 1 fully saturated rings. The molecule has 43 heavy (non-hydrogen) atoms. The molecule has 1 saturated carbocycles. The summed E-state index contributed by atoms with van der Waals surface area (Å²) in [4.78, 5) is 29.2. The molecular weight excluding hydrogens is 605 g/mol. The Balaban J connectivity index is 1.71. The van der Waals surface area contributed by atoms with Crippen LogP contribution in [0.3, 0.4) is 0 Å². The summed E-state index contributed by atoms with van der Waals surface area (Å²) in [6.07, 6.45) is 5.04. The summed E-state index contributed by atoms with van der Waals surface area (Å²) in [7, 11) is -4.14. The van der Waals surface area contributed by atoms with Crippen LogP contribution in [0.5, 0.6) is 0 Å². The van der Waals surface area contributed by atoms with E-state index < -0.39 is 28.5 Å². The summed E-state index contributed by atoms with van der Waals surface area (Å²) in [5.74, 6) is -0.798. The van der Waals surface area contributed by atoms with Crippen LogP contribution in [-0.4, -0.2) is 43.8 Å². The van der Waals surface area contributed by atoms with Crippen molar-refractivity contribution < 1.29 is 18.0 Å². The van der Waals surface area contributed by atoms with Crippen LogP contribution in [0.4, 0.5) is 5.69 Å². The van der Waals surface area contributed by atoms with E-state index in [1.807, 2.05) is 32.9 Å². The van der Waals surface area contributed by atoms with Crippen molar-refractivity contribution in [3.8, 4) is 0 Å². The van der Waals surface area contributed by atoms with Gasteiger partial charge in [0.25, 0.3) is 10.0 Å². The molecule has 0 spiro atoms. The topological polar surface area (TPSA) is 86.8 Å². The van der Waals surface area contributed by atoms with Crippen LogP contribution >= 0.6 is 23.2 Å². The number of sulfonamides is 1. The molecule has 0 aromatic heterocycles. The summed E-state index contributed by atoms with van der Waals surface area (Å²) < 4.78 is 29.3. The Morgan fingerprint density at radius 1 is 0.884 bits per heavy atom. The lowest BCUT2D eigenvalue weighted by Gasteiger charge is -2.33. The lowest BCUT2D eigenvalue weighted by molar-refractivity contribution is -0.139. The number of anilines is 1. The monoisotopic (exact) mass is 643 g/mol. The fourth-order valence-corrected chi connectivity index (χ4v) is 7.22. The predicted octanol–water partition coefficient (Wildman–Crippen LogP) is 6.98. The molecule has 2 amide bonds. The molecule has 10 heteroatoms. The van der Waals surface area contributed by atoms with Crippen molar-refractivity contribution in [2.45, 2.75) is 83.3 Å². The highest BCUT2D eigenvalue weighted by atomic mass is 35.5. The van der Waals surface area contributed by atoms with Crippen LogP contribution in [0.2, 0.25) is 10.0 Å². The maximum absolute atomic E-state index is 14.2. The molecule has 0 unspecified atom stereocenters. The van der Waals surface area contributed by atoms with E-state index in [1.54, 1.807) is 55.5 Å². The van der Waals surface area contributed by atoms with Crippen molar-refractivity contribution in [2.75, 3.05) is 10.8 Å². The van der Waals surface area contributed by atoms with Crippen molar-refractivity contribution in [1.29, 1.82) is 0 Å². The first kappa shape index (κ1) is 32.8. The van der Waals surface area contributed by atoms with Crippen LogP contribution in [-0.2, 0) is 26.2 Å². The minimum Gasteiger partial charge on any atom is -0.352 e. The molecule has 0 saturated heterocycles. The number of carbonyl (C=O) groups is 2. The van der Waals surface area contributed by atoms with Gasteiger partial charge in [0, 0.05) is 12.6 Å². The molecule has 4 rings (SSSR count). The molecule has 1 aliphatic carbocycles. The zero-order valence-corrected chi connectivity index (χ0v) is 27.4. The predicted molar refractivity (Wildman–Crippen MR) is 173 cm³/mol. The summed E-state index contributed by atoms with van der Waals surface area (Å²) >= 11 is 12.4. The highest BCUT2D eigenvalue weighted by Crippen LogP contribution is 2.29. The van der Waals surface area contributed by atoms with E-state index in [1.165, 1.54) is 4.90 Å². The largest absolute Gasteiger partial charge is 0.352 e. The molecule has 1 atom stereocenters. The van der Waals surface area contributed by atoms with E-state index in [2.05, 4.69) is 5.32 Å². The van der Waals surface area contributed by atoms with Gasteiger partial charge in [-0.3, -0.25) is 13.9 Å². The van der Waals surface area contributed by atoms with Gasteiger partial charge in [-0.25, -0.2) is 8.42 Å². The molecule has 230 valence electrons. The zero-order chi connectivity index (χ0) is 31.3. The summed E-state index contributed by atoms with van der Waals surface area (Å²) in [6, 6.07) is 16.2. The van der Waals surface area contributed by atoms with Crippen LogP contribution in [0.25, 0.3) is 0 Å². The quantitative estimate of drug-likeness (QED) is 0.258. The molecule has 1 aliphatic rings. The van der Waals surface area contributed by atoms with Gasteiger partial charge in [-0.2, -0.15) is 0 Å². The number of hydrogen-bond donors (Lipinski definition) is 1. The Labute approximate surface area is 265 Å². The van der Waals surface area contributed by atoms with Gasteiger partial charge in [0.1, 0.15) is 12.6 Å². The van der Waals surface area contributed by atoms with Gasteiger partial charge in [-0.1, -0.05) is 83.9 Å². The van der Waals surface area contributed by atoms with Crippen molar-refractivity contribution in [1.82, 2.24) is 10.2 Å². The second-order valence-corrected chi connectivity index (χ2v) is 14.1. The van der Waals surface area contributed by atoms with Gasteiger partial charge in [-0.05, 0) is 82.0 Å². The van der Waals surface area contributed by atoms with E-state index >= 15 is 0 Å². The van der Waals surface area contributed by atoms with Gasteiger partial charge in [0.05, 0.1) is 20.6 Å². The van der Waals surface area contributed by atoms with Gasteiger partial charge in [0.15, 0.2) is 0 Å². The van der Waals surface area contributed by atoms with E-state index in [9.17, 15) is 18.0 Å². The third-order valence-electron chi connectivity index (χ3n) is 7.96. The number of halogens is 2. The molecule has 7 nitrogen and oxygen atoms in total. The highest BCUT2D eigenvalue weighted by molar-refractivity contribution is 7.92. The van der Waals surface area contributed by atoms with Crippen molar-refractivity contribution in [3.63, 3.8) is 0 Å². The summed E-state index contributed by atoms with van der Waals surface area (Å²) in [5.41, 5.74) is 3.66. The second kappa shape index (κ2) is 14.1. The number of hydrogen-bond acceptors (Lipinski definition) is 4. The Morgan fingerprint density at radius 3 is 2.16 bits per heavy atom. The van der Waals surface area contributed by atoms with E-state index in [0.29, 0.717) is 26.9 Å². The standard InChI is InChI=1S/C33H39Cl2N3O4S/c1-22-10-14-28(15-11-22)43(41,42)38(31-17-12-23(2)18-24(31)3)21-32(39)37(20-26-13-16-29(34)30(35)19-26)25(4)33(40)36-27-8-6-5-7-9-27/h10-19,25,27H,5-9,20-21H2,1-4H3,(H,36,40)/t25-/m1/s1. The second-order valence-electron chi connectivity index (χ2n) is 11.4. The lowest BCUT2D eigenvalue weighted by atomic mass is 9.95. The molecule has 0 aliphatic heterocycles. The average Bonchev–Trinajstić information content (AvgIpc) is 2.97. The van der Waals surface area contributed by atoms with E-state index in [-0.39, 0.29) is 23.4 Å². The fourth-order valence-electron chi connectivity index (χ4n) is 5.42. The average molecular weight is 645 g/mol. The van der Waals surface area contributed by atoms with Crippen molar-refractivity contribution in [3.05, 3.63) is 93.0 Å². The summed E-state index contributed by atoms with van der Waals surface area (Å²) in [5, 5.41) is 3.81. The van der Waals surface area contributed by atoms with Gasteiger partial charge in [-0.15, -0.1) is 0 Å². The number of aryl methyl sites for hydroxylation is 3. The van der Waals surface area contributed by atoms with Crippen molar-refractivity contribution in [2.24, 2.45) is 0 Å². The zero-order valence-electron chi connectivity index (χ0n) is 25.1. The fraction of sp³-hybridized carbons (Fsp3) is 0.394. The molecule has 1 N–H and O–H groups in total. The molecule has 0 heterocycles. The van der Waals surface area contributed by atoms with Crippen LogP contribution < -0.4 is 9.62 Å². The molecule has 0 radical (unpaired) electrons. The Hall–Kier alpha value is -3.07. The van der Waals surface area contributed by atoms with E-state index in [4.69, 9.17) is 23.2 Å². The van der Waals surface area contributed by atoms with Crippen LogP contribution in [0.15, 0.2) is 65.6 Å². The number of carbonyl (C=O) groups excluding carboxylic acids is 2. The molecule has 0 bridgehead atoms. The first-order valence-corrected chi connectivity index (χ1v) is 16.8. The third kappa shape index (κ3) is 8.11. The van der Waals surface area contributed by atoms with Gasteiger partial charge < -0.3 is 10.2 Å². The Morgan fingerprint density at radius 2 is 1.53 bits per heavy atom. The number of benzene rings is 3. The van der Waals surface area contributed by atoms with Crippen LogP contribution in [0, 0.1) is 20.8 Å². The molecule has 3 aromatic carbocycles. The SMILES string of the molecule is Cc1ccc(S(=O)(=O)N(CC(=O)N(Cc2ccc(Cl)c(Cl)c2)[C@H](C)C(=O)NC2CCCCC2)c2ccc(C)cc2C)cc1. The number of rotatable bonds is 10. The molecular formula is C33H39Cl2N3O4S. The lowest BCUT2D eigenvalue weighted by Crippen LogP contribution is -2.53. The molecule has 3 aromatic rings. The maximum Gasteiger partial charge on any atom is 0.264 e. The van der Waals surface area contributed by atoms with E-state index in [0.717, 1.165) is 47.5 Å². The van der Waals surface area contributed by atoms with Gasteiger partial charge >= 0.3 is 0 Å². The minimum absolute atomic E-state index is 0.0419. The maximum atomic E-state index is 14.2. The van der Waals surface area contributed by atoms with Crippen molar-refractivity contribution >= 4 is 50.7 Å². The first-order valence-electron chi connectivity index (χ1n) is 14.6. The number of amides is 2. The van der Waals surface area contributed by atoms with Gasteiger partial charge in [0.2, 0.25) is 11.8 Å². The smallest absolute Gasteiger partial charge is 0.264 e. The number of nitrogens with one attached hydrogen (secondary N) is 1. The highest BCUT2D eigenvalue weighted by Gasteiger charge is 2.34. The Bertz CT molecular complexity index is 1570. The number of nitrogens with zero attached hydrogens (tertiary/aromatic N) is 2.